The summed E-state index contributed by atoms with van der Waals surface area (Å²) in [6.07, 6.45) is 4.32. The third kappa shape index (κ3) is 2.47. The molecule has 3 N–H and O–H groups in total. The maximum atomic E-state index is 2.43. The van der Waals surface area contributed by atoms with Crippen LogP contribution in [0.25, 0.3) is 0 Å². The number of quaternary nitrogens is 1. The molecule has 2 unspecified atom stereocenters. The van der Waals surface area contributed by atoms with Crippen LogP contribution in [0.1, 0.15) is 47.0 Å². The highest BCUT2D eigenvalue weighted by Gasteiger charge is 2.38. The zero-order chi connectivity index (χ0) is 9.19. The largest absolute Gasteiger partial charge is 0.870 e. The van der Waals surface area contributed by atoms with Crippen LogP contribution in [0.2, 0.25) is 0 Å². The van der Waals surface area contributed by atoms with Gasteiger partial charge in [-0.15, -0.1) is 0 Å². The van der Waals surface area contributed by atoms with E-state index in [1.807, 2.05) is 0 Å². The van der Waals surface area contributed by atoms with Crippen molar-refractivity contribution < 1.29 is 15.4 Å². The van der Waals surface area contributed by atoms with Gasteiger partial charge in [-0.1, -0.05) is 0 Å². The molecule has 0 bridgehead atoms. The van der Waals surface area contributed by atoms with E-state index >= 15 is 0 Å². The first-order chi connectivity index (χ1) is 5.67. The van der Waals surface area contributed by atoms with E-state index in [1.165, 1.54) is 36.8 Å². The van der Waals surface area contributed by atoms with E-state index in [2.05, 4.69) is 27.7 Å². The lowest BCUT2D eigenvalue weighted by Gasteiger charge is -2.50. The van der Waals surface area contributed by atoms with Gasteiger partial charge in [-0.25, -0.2) is 0 Å². The van der Waals surface area contributed by atoms with Crippen LogP contribution in [0.5, 0.6) is 0 Å². The summed E-state index contributed by atoms with van der Waals surface area (Å²) in [6, 6.07) is 1.78. The molecule has 1 rings (SSSR count). The summed E-state index contributed by atoms with van der Waals surface area (Å²) in [6.45, 7) is 12.2. The topological polar surface area (TPSA) is 61.5 Å². The highest BCUT2D eigenvalue weighted by molar-refractivity contribution is 4.67. The first kappa shape index (κ1) is 16.3. The van der Waals surface area contributed by atoms with Gasteiger partial charge in [-0.05, 0) is 47.0 Å². The number of nitrogens with zero attached hydrogens (tertiary/aromatic N) is 1. The Balaban J connectivity index is 0. The molecular formula is C11H27NO2. The van der Waals surface area contributed by atoms with Crippen molar-refractivity contribution in [1.29, 1.82) is 0 Å². The molecule has 3 nitrogen and oxygen atoms in total. The van der Waals surface area contributed by atoms with E-state index in [9.17, 15) is 0 Å². The van der Waals surface area contributed by atoms with Gasteiger partial charge in [0.15, 0.2) is 0 Å². The SMILES string of the molecule is CC[N+]1(CC)C(C)CCCC1C.O.[OH-]. The van der Waals surface area contributed by atoms with Gasteiger partial charge in [-0.2, -0.15) is 0 Å². The highest BCUT2D eigenvalue weighted by Crippen LogP contribution is 2.30. The summed E-state index contributed by atoms with van der Waals surface area (Å²) in [5, 5.41) is 0. The van der Waals surface area contributed by atoms with Crippen LogP contribution in [0, 0.1) is 0 Å². The Kier molecular flexibility index (Phi) is 7.43. The maximum absolute atomic E-state index is 2.43. The average molecular weight is 205 g/mol. The van der Waals surface area contributed by atoms with Gasteiger partial charge < -0.3 is 15.4 Å². The summed E-state index contributed by atoms with van der Waals surface area (Å²) < 4.78 is 1.36. The first-order valence-corrected chi connectivity index (χ1v) is 5.53. The number of hydrogen-bond acceptors (Lipinski definition) is 1. The number of piperidine rings is 1. The summed E-state index contributed by atoms with van der Waals surface area (Å²) in [7, 11) is 0. The van der Waals surface area contributed by atoms with Crippen molar-refractivity contribution in [2.75, 3.05) is 13.1 Å². The number of rotatable bonds is 2. The van der Waals surface area contributed by atoms with E-state index in [-0.39, 0.29) is 11.0 Å². The molecule has 0 radical (unpaired) electrons. The molecule has 14 heavy (non-hydrogen) atoms. The molecule has 0 aromatic carbocycles. The molecule has 0 aliphatic carbocycles. The summed E-state index contributed by atoms with van der Waals surface area (Å²) in [5.41, 5.74) is 0. The molecule has 1 aliphatic heterocycles. The van der Waals surface area contributed by atoms with Crippen molar-refractivity contribution in [3.05, 3.63) is 0 Å². The van der Waals surface area contributed by atoms with Crippen LogP contribution < -0.4 is 0 Å². The van der Waals surface area contributed by atoms with E-state index in [0.717, 1.165) is 12.1 Å². The Morgan fingerprint density at radius 1 is 1.00 bits per heavy atom. The van der Waals surface area contributed by atoms with Crippen LogP contribution in [0.15, 0.2) is 0 Å². The van der Waals surface area contributed by atoms with Gasteiger partial charge in [0.25, 0.3) is 0 Å². The fourth-order valence-electron chi connectivity index (χ4n) is 3.13. The second-order valence-electron chi connectivity index (χ2n) is 4.36. The summed E-state index contributed by atoms with van der Waals surface area (Å²) >= 11 is 0. The van der Waals surface area contributed by atoms with Crippen molar-refractivity contribution in [3.8, 4) is 0 Å². The van der Waals surface area contributed by atoms with E-state index in [4.69, 9.17) is 0 Å². The van der Waals surface area contributed by atoms with Gasteiger partial charge in [0.05, 0.1) is 25.2 Å². The van der Waals surface area contributed by atoms with Gasteiger partial charge >= 0.3 is 0 Å². The van der Waals surface area contributed by atoms with Crippen molar-refractivity contribution >= 4 is 0 Å². The van der Waals surface area contributed by atoms with Crippen molar-refractivity contribution in [2.24, 2.45) is 0 Å². The van der Waals surface area contributed by atoms with E-state index in [0.29, 0.717) is 0 Å². The second-order valence-corrected chi connectivity index (χ2v) is 4.36. The molecule has 1 fully saturated rings. The average Bonchev–Trinajstić information content (AvgIpc) is 2.06. The Morgan fingerprint density at radius 2 is 1.36 bits per heavy atom. The normalized spacial score (nSPS) is 30.0. The fraction of sp³-hybridized carbons (Fsp3) is 1.00. The van der Waals surface area contributed by atoms with Crippen LogP contribution in [0.4, 0.5) is 0 Å². The van der Waals surface area contributed by atoms with E-state index < -0.39 is 0 Å². The minimum Gasteiger partial charge on any atom is -0.870 e. The molecule has 0 aromatic heterocycles. The third-order valence-corrected chi connectivity index (χ3v) is 4.18. The molecule has 3 heteroatoms. The minimum atomic E-state index is 0. The lowest BCUT2D eigenvalue weighted by atomic mass is 9.93. The molecule has 0 aromatic rings. The Morgan fingerprint density at radius 3 is 1.57 bits per heavy atom. The van der Waals surface area contributed by atoms with Gasteiger partial charge in [0.2, 0.25) is 0 Å². The Labute approximate surface area is 88.3 Å². The zero-order valence-corrected chi connectivity index (χ0v) is 10.1. The lowest BCUT2D eigenvalue weighted by molar-refractivity contribution is -0.972. The summed E-state index contributed by atoms with van der Waals surface area (Å²) in [4.78, 5) is 0. The van der Waals surface area contributed by atoms with Crippen molar-refractivity contribution in [2.45, 2.75) is 59.0 Å². The quantitative estimate of drug-likeness (QED) is 0.634. The summed E-state index contributed by atoms with van der Waals surface area (Å²) in [5.74, 6) is 0. The highest BCUT2D eigenvalue weighted by atomic mass is 16.0. The molecule has 0 amide bonds. The molecule has 88 valence electrons. The maximum Gasteiger partial charge on any atom is 0.0863 e. The molecule has 1 heterocycles. The van der Waals surface area contributed by atoms with Gasteiger partial charge in [0, 0.05) is 0 Å². The van der Waals surface area contributed by atoms with Crippen LogP contribution in [-0.4, -0.2) is 40.6 Å². The zero-order valence-electron chi connectivity index (χ0n) is 10.1. The molecule has 1 aliphatic rings. The smallest absolute Gasteiger partial charge is 0.0863 e. The third-order valence-electron chi connectivity index (χ3n) is 4.18. The van der Waals surface area contributed by atoms with Gasteiger partial charge in [0.1, 0.15) is 0 Å². The first-order valence-electron chi connectivity index (χ1n) is 5.53. The van der Waals surface area contributed by atoms with Crippen LogP contribution in [-0.2, 0) is 0 Å². The van der Waals surface area contributed by atoms with Crippen LogP contribution in [0.3, 0.4) is 0 Å². The molecule has 1 saturated heterocycles. The molecule has 2 atom stereocenters. The number of hydrogen-bond donors (Lipinski definition) is 0. The predicted molar refractivity (Wildman–Crippen MR) is 59.7 cm³/mol. The monoisotopic (exact) mass is 205 g/mol. The standard InChI is InChI=1S/C11H24N.2H2O/c1-5-12(6-2)10(3)8-7-9-11(12)4;;/h10-11H,5-9H2,1-4H3;2*1H2/q+1;;/p-1. The lowest BCUT2D eigenvalue weighted by Crippen LogP contribution is -2.61. The molecule has 0 spiro atoms. The van der Waals surface area contributed by atoms with E-state index in [1.54, 1.807) is 0 Å². The fourth-order valence-corrected chi connectivity index (χ4v) is 3.13. The van der Waals surface area contributed by atoms with Crippen molar-refractivity contribution in [3.63, 3.8) is 0 Å². The molecule has 0 saturated carbocycles. The molecular weight excluding hydrogens is 178 g/mol. The van der Waals surface area contributed by atoms with Crippen molar-refractivity contribution in [1.82, 2.24) is 0 Å². The Hall–Kier alpha value is -0.120. The van der Waals surface area contributed by atoms with Gasteiger partial charge in [-0.3, -0.25) is 0 Å². The second kappa shape index (κ2) is 6.38. The van der Waals surface area contributed by atoms with Crippen LogP contribution >= 0.6 is 0 Å². The number of likely N-dealkylation sites (tertiary alicyclic amines) is 1. The predicted octanol–water partition coefficient (Wildman–Crippen LogP) is 1.80. The minimum absolute atomic E-state index is 0. The Bertz CT molecular complexity index is 134.